The summed E-state index contributed by atoms with van der Waals surface area (Å²) in [6.45, 7) is 0.499. The molecule has 1 aromatic carbocycles. The Morgan fingerprint density at radius 3 is 3.06 bits per heavy atom. The largest absolute Gasteiger partial charge is 0.494 e. The molecule has 16 heavy (non-hydrogen) atoms. The topological polar surface area (TPSA) is 47.3 Å². The van der Waals surface area contributed by atoms with Crippen LogP contribution < -0.4 is 10.1 Å². The van der Waals surface area contributed by atoms with E-state index < -0.39 is 0 Å². The Morgan fingerprint density at radius 2 is 2.38 bits per heavy atom. The van der Waals surface area contributed by atoms with Crippen LogP contribution in [0.2, 0.25) is 0 Å². The second kappa shape index (κ2) is 4.65. The predicted octanol–water partition coefficient (Wildman–Crippen LogP) is 2.43. The molecule has 4 nitrogen and oxygen atoms in total. The molecule has 0 aliphatic heterocycles. The SMILES string of the molecule is COc1cc(F)ccc1NCc1cocn1. The molecule has 2 rings (SSSR count). The summed E-state index contributed by atoms with van der Waals surface area (Å²) in [7, 11) is 1.50. The number of methoxy groups -OCH3 is 1. The molecule has 1 heterocycles. The maximum absolute atomic E-state index is 12.9. The lowest BCUT2D eigenvalue weighted by molar-refractivity contribution is 0.413. The normalized spacial score (nSPS) is 10.1. The summed E-state index contributed by atoms with van der Waals surface area (Å²) in [5.41, 5.74) is 1.48. The third kappa shape index (κ3) is 2.31. The van der Waals surface area contributed by atoms with E-state index in [1.165, 1.54) is 25.6 Å². The van der Waals surface area contributed by atoms with Gasteiger partial charge in [0.05, 0.1) is 25.0 Å². The molecule has 1 N–H and O–H groups in total. The molecule has 0 radical (unpaired) electrons. The number of anilines is 1. The van der Waals surface area contributed by atoms with E-state index in [1.807, 2.05) is 0 Å². The Labute approximate surface area is 92.1 Å². The Morgan fingerprint density at radius 1 is 1.50 bits per heavy atom. The lowest BCUT2D eigenvalue weighted by Crippen LogP contribution is -2.01. The fourth-order valence-corrected chi connectivity index (χ4v) is 1.32. The highest BCUT2D eigenvalue weighted by molar-refractivity contribution is 5.56. The number of hydrogen-bond donors (Lipinski definition) is 1. The molecule has 0 aliphatic carbocycles. The summed E-state index contributed by atoms with van der Waals surface area (Å²) in [6.07, 6.45) is 2.90. The molecule has 5 heteroatoms. The molecule has 0 amide bonds. The van der Waals surface area contributed by atoms with Crippen LogP contribution in [0.1, 0.15) is 5.69 Å². The van der Waals surface area contributed by atoms with E-state index in [0.717, 1.165) is 5.69 Å². The highest BCUT2D eigenvalue weighted by atomic mass is 19.1. The summed E-state index contributed by atoms with van der Waals surface area (Å²) in [5, 5.41) is 3.08. The van der Waals surface area contributed by atoms with Crippen LogP contribution in [0.4, 0.5) is 10.1 Å². The fourth-order valence-electron chi connectivity index (χ4n) is 1.32. The van der Waals surface area contributed by atoms with Gasteiger partial charge in [-0.15, -0.1) is 0 Å². The molecule has 0 atom stereocenters. The number of ether oxygens (including phenoxy) is 1. The third-order valence-corrected chi connectivity index (χ3v) is 2.11. The second-order valence-electron chi connectivity index (χ2n) is 3.18. The quantitative estimate of drug-likeness (QED) is 0.863. The molecule has 0 spiro atoms. The number of halogens is 1. The van der Waals surface area contributed by atoms with Gasteiger partial charge in [-0.3, -0.25) is 0 Å². The fraction of sp³-hybridized carbons (Fsp3) is 0.182. The summed E-state index contributed by atoms with van der Waals surface area (Å²) >= 11 is 0. The first kappa shape index (κ1) is 10.5. The van der Waals surface area contributed by atoms with Crippen LogP contribution in [-0.4, -0.2) is 12.1 Å². The van der Waals surface area contributed by atoms with Gasteiger partial charge >= 0.3 is 0 Å². The van der Waals surface area contributed by atoms with Gasteiger partial charge in [0, 0.05) is 6.07 Å². The maximum Gasteiger partial charge on any atom is 0.180 e. The number of nitrogens with one attached hydrogen (secondary N) is 1. The summed E-state index contributed by atoms with van der Waals surface area (Å²) < 4.78 is 22.8. The average molecular weight is 222 g/mol. The summed E-state index contributed by atoms with van der Waals surface area (Å²) in [6, 6.07) is 4.31. The Hall–Kier alpha value is -2.04. The van der Waals surface area contributed by atoms with Gasteiger partial charge in [-0.25, -0.2) is 9.37 Å². The second-order valence-corrected chi connectivity index (χ2v) is 3.18. The van der Waals surface area contributed by atoms with Crippen molar-refractivity contribution in [1.29, 1.82) is 0 Å². The van der Waals surface area contributed by atoms with Crippen molar-refractivity contribution >= 4 is 5.69 Å². The van der Waals surface area contributed by atoms with Crippen molar-refractivity contribution in [2.45, 2.75) is 6.54 Å². The minimum Gasteiger partial charge on any atom is -0.494 e. The van der Waals surface area contributed by atoms with Crippen molar-refractivity contribution in [3.05, 3.63) is 42.4 Å². The van der Waals surface area contributed by atoms with Gasteiger partial charge in [-0.05, 0) is 12.1 Å². The minimum atomic E-state index is -0.330. The van der Waals surface area contributed by atoms with E-state index >= 15 is 0 Å². The molecule has 1 aromatic heterocycles. The van der Waals surface area contributed by atoms with E-state index in [4.69, 9.17) is 9.15 Å². The van der Waals surface area contributed by atoms with Gasteiger partial charge in [0.25, 0.3) is 0 Å². The van der Waals surface area contributed by atoms with Crippen LogP contribution in [-0.2, 0) is 6.54 Å². The molecule has 0 aliphatic rings. The van der Waals surface area contributed by atoms with E-state index in [0.29, 0.717) is 18.0 Å². The van der Waals surface area contributed by atoms with Gasteiger partial charge in [0.1, 0.15) is 17.8 Å². The molecule has 0 saturated carbocycles. The zero-order valence-electron chi connectivity index (χ0n) is 8.74. The predicted molar refractivity (Wildman–Crippen MR) is 56.8 cm³/mol. The monoisotopic (exact) mass is 222 g/mol. The van der Waals surface area contributed by atoms with E-state index in [2.05, 4.69) is 10.3 Å². The Bertz CT molecular complexity index is 457. The van der Waals surface area contributed by atoms with E-state index in [9.17, 15) is 4.39 Å². The van der Waals surface area contributed by atoms with Gasteiger partial charge in [-0.2, -0.15) is 0 Å². The number of hydrogen-bond acceptors (Lipinski definition) is 4. The minimum absolute atomic E-state index is 0.330. The molecular formula is C11H11FN2O2. The van der Waals surface area contributed by atoms with E-state index in [-0.39, 0.29) is 5.82 Å². The van der Waals surface area contributed by atoms with Crippen molar-refractivity contribution in [1.82, 2.24) is 4.98 Å². The lowest BCUT2D eigenvalue weighted by atomic mass is 10.2. The van der Waals surface area contributed by atoms with Crippen molar-refractivity contribution in [3.8, 4) is 5.75 Å². The van der Waals surface area contributed by atoms with Crippen LogP contribution >= 0.6 is 0 Å². The first-order valence-electron chi connectivity index (χ1n) is 4.74. The van der Waals surface area contributed by atoms with Crippen molar-refractivity contribution in [2.24, 2.45) is 0 Å². The highest BCUT2D eigenvalue weighted by Crippen LogP contribution is 2.25. The standard InChI is InChI=1S/C11H11FN2O2/c1-15-11-4-8(12)2-3-10(11)13-5-9-6-16-7-14-9/h2-4,6-7,13H,5H2,1H3. The Kier molecular flexibility index (Phi) is 3.05. The average Bonchev–Trinajstić information content (AvgIpc) is 2.80. The molecule has 0 fully saturated rings. The summed E-state index contributed by atoms with van der Waals surface area (Å²) in [5.74, 6) is 0.132. The first-order chi connectivity index (χ1) is 7.79. The van der Waals surface area contributed by atoms with Crippen LogP contribution in [0.5, 0.6) is 5.75 Å². The highest BCUT2D eigenvalue weighted by Gasteiger charge is 2.04. The smallest absolute Gasteiger partial charge is 0.180 e. The van der Waals surface area contributed by atoms with Crippen LogP contribution in [0, 0.1) is 5.82 Å². The van der Waals surface area contributed by atoms with Crippen LogP contribution in [0.15, 0.2) is 35.3 Å². The van der Waals surface area contributed by atoms with E-state index in [1.54, 1.807) is 12.3 Å². The lowest BCUT2D eigenvalue weighted by Gasteiger charge is -2.09. The summed E-state index contributed by atoms with van der Waals surface area (Å²) in [4.78, 5) is 3.96. The number of aromatic nitrogens is 1. The first-order valence-corrected chi connectivity index (χ1v) is 4.74. The van der Waals surface area contributed by atoms with Crippen LogP contribution in [0.25, 0.3) is 0 Å². The third-order valence-electron chi connectivity index (χ3n) is 2.11. The molecule has 2 aromatic rings. The number of benzene rings is 1. The number of oxazole rings is 1. The number of rotatable bonds is 4. The molecular weight excluding hydrogens is 211 g/mol. The van der Waals surface area contributed by atoms with Crippen molar-refractivity contribution < 1.29 is 13.5 Å². The van der Waals surface area contributed by atoms with Gasteiger partial charge in [0.2, 0.25) is 0 Å². The van der Waals surface area contributed by atoms with Gasteiger partial charge in [-0.1, -0.05) is 0 Å². The molecule has 84 valence electrons. The van der Waals surface area contributed by atoms with Crippen molar-refractivity contribution in [3.63, 3.8) is 0 Å². The molecule has 0 unspecified atom stereocenters. The molecule has 0 bridgehead atoms. The molecule has 0 saturated heterocycles. The van der Waals surface area contributed by atoms with Gasteiger partial charge in [0.15, 0.2) is 6.39 Å². The Balaban J connectivity index is 2.09. The van der Waals surface area contributed by atoms with Crippen molar-refractivity contribution in [2.75, 3.05) is 12.4 Å². The maximum atomic E-state index is 12.9. The van der Waals surface area contributed by atoms with Crippen LogP contribution in [0.3, 0.4) is 0 Å². The zero-order valence-corrected chi connectivity index (χ0v) is 8.74. The van der Waals surface area contributed by atoms with Gasteiger partial charge < -0.3 is 14.5 Å². The zero-order chi connectivity index (χ0) is 11.4. The number of nitrogens with zero attached hydrogens (tertiary/aromatic N) is 1.